The number of amides is 1. The van der Waals surface area contributed by atoms with E-state index in [1.165, 1.54) is 12.0 Å². The Kier molecular flexibility index (Phi) is 6.44. The Morgan fingerprint density at radius 3 is 2.60 bits per heavy atom. The summed E-state index contributed by atoms with van der Waals surface area (Å²) >= 11 is 0. The standard InChI is InChI=1S/C9H19N3O3/c1-7(2)12(6-8(10)11-14)9(13)4-5-15-3/h7,14H,4-6H2,1-3H3,(H2,10,11). The molecule has 0 aromatic heterocycles. The maximum absolute atomic E-state index is 11.6. The maximum atomic E-state index is 11.6. The predicted octanol–water partition coefficient (Wildman–Crippen LogP) is 0.00630. The fourth-order valence-electron chi connectivity index (χ4n) is 1.10. The SMILES string of the molecule is COCCC(=O)N(CC(N)=NO)C(C)C. The molecule has 0 heterocycles. The number of amidine groups is 1. The molecule has 6 nitrogen and oxygen atoms in total. The molecule has 3 N–H and O–H groups in total. The fraction of sp³-hybridized carbons (Fsp3) is 0.778. The minimum Gasteiger partial charge on any atom is -0.409 e. The first-order valence-electron chi connectivity index (χ1n) is 4.77. The van der Waals surface area contributed by atoms with E-state index < -0.39 is 0 Å². The van der Waals surface area contributed by atoms with Crippen molar-refractivity contribution in [3.05, 3.63) is 0 Å². The van der Waals surface area contributed by atoms with Crippen LogP contribution in [0, 0.1) is 0 Å². The zero-order chi connectivity index (χ0) is 11.8. The Morgan fingerprint density at radius 2 is 2.20 bits per heavy atom. The van der Waals surface area contributed by atoms with Crippen LogP contribution in [0.25, 0.3) is 0 Å². The fourth-order valence-corrected chi connectivity index (χ4v) is 1.10. The third kappa shape index (κ3) is 5.21. The van der Waals surface area contributed by atoms with Crippen LogP contribution in [0.15, 0.2) is 5.16 Å². The smallest absolute Gasteiger partial charge is 0.225 e. The van der Waals surface area contributed by atoms with Gasteiger partial charge in [0.2, 0.25) is 5.91 Å². The molecule has 0 unspecified atom stereocenters. The van der Waals surface area contributed by atoms with Gasteiger partial charge in [-0.25, -0.2) is 0 Å². The second-order valence-corrected chi connectivity index (χ2v) is 3.45. The number of methoxy groups -OCH3 is 1. The Bertz CT molecular complexity index is 229. The number of hydrogen-bond donors (Lipinski definition) is 2. The molecule has 0 radical (unpaired) electrons. The number of carbonyl (C=O) groups is 1. The van der Waals surface area contributed by atoms with Crippen LogP contribution in [-0.2, 0) is 9.53 Å². The average molecular weight is 217 g/mol. The molecule has 0 aliphatic carbocycles. The monoisotopic (exact) mass is 217 g/mol. The molecule has 0 bridgehead atoms. The van der Waals surface area contributed by atoms with Crippen LogP contribution in [0.1, 0.15) is 20.3 Å². The van der Waals surface area contributed by atoms with Gasteiger partial charge in [0.1, 0.15) is 0 Å². The topological polar surface area (TPSA) is 88.2 Å². The largest absolute Gasteiger partial charge is 0.409 e. The van der Waals surface area contributed by atoms with Crippen molar-refractivity contribution in [2.24, 2.45) is 10.9 Å². The summed E-state index contributed by atoms with van der Waals surface area (Å²) < 4.78 is 4.82. The third-order valence-corrected chi connectivity index (χ3v) is 1.92. The lowest BCUT2D eigenvalue weighted by Gasteiger charge is -2.26. The zero-order valence-electron chi connectivity index (χ0n) is 9.43. The maximum Gasteiger partial charge on any atom is 0.225 e. The Morgan fingerprint density at radius 1 is 1.60 bits per heavy atom. The van der Waals surface area contributed by atoms with Gasteiger partial charge in [-0.3, -0.25) is 4.79 Å². The Labute approximate surface area is 89.7 Å². The van der Waals surface area contributed by atoms with Gasteiger partial charge in [-0.1, -0.05) is 5.16 Å². The van der Waals surface area contributed by atoms with Crippen molar-refractivity contribution < 1.29 is 14.7 Å². The summed E-state index contributed by atoms with van der Waals surface area (Å²) in [6.45, 7) is 4.25. The lowest BCUT2D eigenvalue weighted by molar-refractivity contribution is -0.133. The van der Waals surface area contributed by atoms with Crippen LogP contribution >= 0.6 is 0 Å². The first kappa shape index (κ1) is 13.7. The van der Waals surface area contributed by atoms with Crippen molar-refractivity contribution in [1.82, 2.24) is 4.90 Å². The summed E-state index contributed by atoms with van der Waals surface area (Å²) in [5, 5.41) is 11.3. The molecule has 0 rings (SSSR count). The van der Waals surface area contributed by atoms with Crippen molar-refractivity contribution in [2.75, 3.05) is 20.3 Å². The summed E-state index contributed by atoms with van der Waals surface area (Å²) in [5.74, 6) is -0.0482. The summed E-state index contributed by atoms with van der Waals surface area (Å²) in [5.41, 5.74) is 5.35. The quantitative estimate of drug-likeness (QED) is 0.284. The van der Waals surface area contributed by atoms with Crippen molar-refractivity contribution in [3.63, 3.8) is 0 Å². The van der Waals surface area contributed by atoms with Crippen molar-refractivity contribution in [1.29, 1.82) is 0 Å². The van der Waals surface area contributed by atoms with Gasteiger partial charge in [0.15, 0.2) is 5.84 Å². The summed E-state index contributed by atoms with van der Waals surface area (Å²) in [4.78, 5) is 13.2. The second-order valence-electron chi connectivity index (χ2n) is 3.45. The first-order chi connectivity index (χ1) is 7.02. The van der Waals surface area contributed by atoms with E-state index in [2.05, 4.69) is 5.16 Å². The van der Waals surface area contributed by atoms with Gasteiger partial charge in [0.25, 0.3) is 0 Å². The molecule has 0 aliphatic rings. The molecule has 0 aromatic rings. The van der Waals surface area contributed by atoms with E-state index >= 15 is 0 Å². The molecule has 0 saturated heterocycles. The first-order valence-corrected chi connectivity index (χ1v) is 4.77. The van der Waals surface area contributed by atoms with Crippen LogP contribution in [0.4, 0.5) is 0 Å². The number of nitrogens with zero attached hydrogens (tertiary/aromatic N) is 2. The lowest BCUT2D eigenvalue weighted by Crippen LogP contribution is -2.43. The minimum atomic E-state index is -0.0709. The third-order valence-electron chi connectivity index (χ3n) is 1.92. The van der Waals surface area contributed by atoms with E-state index in [1.54, 1.807) is 0 Å². The molecule has 0 fully saturated rings. The number of oxime groups is 1. The molecule has 15 heavy (non-hydrogen) atoms. The normalized spacial score (nSPS) is 11.9. The number of hydrogen-bond acceptors (Lipinski definition) is 4. The molecule has 0 spiro atoms. The number of rotatable bonds is 6. The molecular formula is C9H19N3O3. The molecule has 88 valence electrons. The molecule has 0 atom stereocenters. The molecule has 0 aromatic carbocycles. The van der Waals surface area contributed by atoms with Crippen molar-refractivity contribution in [2.45, 2.75) is 26.3 Å². The second kappa shape index (κ2) is 7.05. The van der Waals surface area contributed by atoms with Gasteiger partial charge in [0.05, 0.1) is 19.6 Å². The highest BCUT2D eigenvalue weighted by molar-refractivity contribution is 5.87. The highest BCUT2D eigenvalue weighted by Gasteiger charge is 2.17. The van der Waals surface area contributed by atoms with Gasteiger partial charge < -0.3 is 20.6 Å². The Hall–Kier alpha value is -1.30. The summed E-state index contributed by atoms with van der Waals surface area (Å²) in [7, 11) is 1.54. The van der Waals surface area contributed by atoms with Gasteiger partial charge in [-0.05, 0) is 13.8 Å². The van der Waals surface area contributed by atoms with Gasteiger partial charge >= 0.3 is 0 Å². The predicted molar refractivity (Wildman–Crippen MR) is 56.8 cm³/mol. The van der Waals surface area contributed by atoms with E-state index in [-0.39, 0.29) is 24.3 Å². The van der Waals surface area contributed by atoms with Gasteiger partial charge in [-0.2, -0.15) is 0 Å². The van der Waals surface area contributed by atoms with Gasteiger partial charge in [-0.15, -0.1) is 0 Å². The van der Waals surface area contributed by atoms with Crippen LogP contribution in [-0.4, -0.2) is 48.2 Å². The molecule has 1 amide bonds. The number of ether oxygens (including phenoxy) is 1. The van der Waals surface area contributed by atoms with Crippen LogP contribution in [0.2, 0.25) is 0 Å². The Balaban J connectivity index is 4.32. The minimum absolute atomic E-state index is 0.00894. The van der Waals surface area contributed by atoms with E-state index in [0.29, 0.717) is 13.0 Å². The van der Waals surface area contributed by atoms with Crippen LogP contribution in [0.3, 0.4) is 0 Å². The highest BCUT2D eigenvalue weighted by atomic mass is 16.5. The average Bonchev–Trinajstić information content (AvgIpc) is 2.21. The van der Waals surface area contributed by atoms with Crippen molar-refractivity contribution in [3.8, 4) is 0 Å². The van der Waals surface area contributed by atoms with E-state index in [1.807, 2.05) is 13.8 Å². The lowest BCUT2D eigenvalue weighted by atomic mass is 10.2. The van der Waals surface area contributed by atoms with Gasteiger partial charge in [0, 0.05) is 13.2 Å². The van der Waals surface area contributed by atoms with Crippen LogP contribution in [0.5, 0.6) is 0 Å². The molecule has 6 heteroatoms. The number of carbonyl (C=O) groups excluding carboxylic acids is 1. The van der Waals surface area contributed by atoms with Crippen molar-refractivity contribution >= 4 is 11.7 Å². The highest BCUT2D eigenvalue weighted by Crippen LogP contribution is 2.01. The van der Waals surface area contributed by atoms with Crippen LogP contribution < -0.4 is 5.73 Å². The summed E-state index contributed by atoms with van der Waals surface area (Å²) in [6.07, 6.45) is 0.299. The number of nitrogens with two attached hydrogens (primary N) is 1. The zero-order valence-corrected chi connectivity index (χ0v) is 9.43. The molecular weight excluding hydrogens is 198 g/mol. The van der Waals surface area contributed by atoms with E-state index in [0.717, 1.165) is 0 Å². The summed E-state index contributed by atoms with van der Waals surface area (Å²) in [6, 6.07) is 0.00894. The molecule has 0 saturated carbocycles. The van der Waals surface area contributed by atoms with E-state index in [9.17, 15) is 4.79 Å². The van der Waals surface area contributed by atoms with E-state index in [4.69, 9.17) is 15.7 Å². The molecule has 0 aliphatic heterocycles.